The highest BCUT2D eigenvalue weighted by Crippen LogP contribution is 2.20. The van der Waals surface area contributed by atoms with E-state index in [2.05, 4.69) is 31.4 Å². The number of carboxylic acid groups (broad SMARTS) is 1. The van der Waals surface area contributed by atoms with Crippen LogP contribution in [0.2, 0.25) is 0 Å². The van der Waals surface area contributed by atoms with Gasteiger partial charge in [-0.05, 0) is 71.4 Å². The molecule has 0 heterocycles. The first-order chi connectivity index (χ1) is 25.1. The Balaban J connectivity index is 2.53. The van der Waals surface area contributed by atoms with E-state index in [9.17, 15) is 29.1 Å². The minimum atomic E-state index is -1.04. The smallest absolute Gasteiger partial charge is 0.326 e. The molecule has 1 aromatic carbocycles. The molecule has 0 aromatic heterocycles. The van der Waals surface area contributed by atoms with Gasteiger partial charge in [-0.25, -0.2) is 4.79 Å². The molecule has 0 aliphatic heterocycles. The zero-order valence-electron chi connectivity index (χ0n) is 34.3. The zero-order chi connectivity index (χ0) is 39.8. The van der Waals surface area contributed by atoms with Crippen LogP contribution < -0.4 is 10.6 Å². The molecule has 53 heavy (non-hydrogen) atoms. The largest absolute Gasteiger partial charge is 0.480 e. The highest BCUT2D eigenvalue weighted by Gasteiger charge is 2.34. The summed E-state index contributed by atoms with van der Waals surface area (Å²) < 4.78 is 5.99. The van der Waals surface area contributed by atoms with Crippen LogP contribution in [0.5, 0.6) is 0 Å². The van der Waals surface area contributed by atoms with Gasteiger partial charge < -0.3 is 25.4 Å². The van der Waals surface area contributed by atoms with Crippen LogP contribution in [0.1, 0.15) is 168 Å². The van der Waals surface area contributed by atoms with Crippen LogP contribution in [-0.4, -0.2) is 76.4 Å². The van der Waals surface area contributed by atoms with E-state index in [4.69, 9.17) is 4.74 Å². The summed E-state index contributed by atoms with van der Waals surface area (Å²) >= 11 is 0. The second-order valence-corrected chi connectivity index (χ2v) is 15.7. The molecule has 0 saturated heterocycles. The molecular weight excluding hydrogens is 670 g/mol. The summed E-state index contributed by atoms with van der Waals surface area (Å²) in [6, 6.07) is 5.85. The van der Waals surface area contributed by atoms with Crippen LogP contribution in [0.15, 0.2) is 30.3 Å². The van der Waals surface area contributed by atoms with Gasteiger partial charge in [-0.3, -0.25) is 19.2 Å². The summed E-state index contributed by atoms with van der Waals surface area (Å²) in [6.07, 6.45) is 15.4. The van der Waals surface area contributed by atoms with Gasteiger partial charge in [0.1, 0.15) is 23.9 Å². The lowest BCUT2D eigenvalue weighted by molar-refractivity contribution is -0.151. The molecule has 1 rings (SSSR count). The van der Waals surface area contributed by atoms with Gasteiger partial charge in [0, 0.05) is 18.0 Å². The maximum Gasteiger partial charge on any atom is 0.326 e. The lowest BCUT2D eigenvalue weighted by atomic mass is 9.97. The molecule has 0 spiro atoms. The number of hydrogen-bond acceptors (Lipinski definition) is 6. The Hall–Kier alpha value is -3.27. The Labute approximate surface area is 321 Å². The summed E-state index contributed by atoms with van der Waals surface area (Å²) in [7, 11) is 0. The lowest BCUT2D eigenvalue weighted by Gasteiger charge is -2.32. The van der Waals surface area contributed by atoms with Gasteiger partial charge in [-0.15, -0.1) is 0 Å². The van der Waals surface area contributed by atoms with Crippen LogP contribution in [0.3, 0.4) is 0 Å². The van der Waals surface area contributed by atoms with Crippen molar-refractivity contribution in [3.05, 3.63) is 35.9 Å². The number of carbonyl (C=O) groups excluding carboxylic acids is 4. The van der Waals surface area contributed by atoms with Gasteiger partial charge >= 0.3 is 5.97 Å². The van der Waals surface area contributed by atoms with Crippen molar-refractivity contribution in [3.8, 4) is 0 Å². The number of nitrogens with zero attached hydrogens (tertiary/aromatic N) is 1. The van der Waals surface area contributed by atoms with Crippen LogP contribution in [0.4, 0.5) is 0 Å². The summed E-state index contributed by atoms with van der Waals surface area (Å²) in [5.74, 6) is -2.36. The number of benzene rings is 1. The predicted octanol–water partition coefficient (Wildman–Crippen LogP) is 8.51. The maximum absolute atomic E-state index is 13.7. The fraction of sp³-hybridized carbons (Fsp3) is 0.744. The Morgan fingerprint density at radius 1 is 0.774 bits per heavy atom. The van der Waals surface area contributed by atoms with E-state index in [1.807, 2.05) is 20.8 Å². The number of aliphatic carboxylic acids is 1. The SMILES string of the molecule is CCCC[C@@H](C(=O)O)N(CCCCCCCCCCCCCC(COC(C)(C)CC)C(C)=O)C(=O)[C@H](C)NC(=O)[C@@H](NC(=O)c1ccccc1)C(C)C. The van der Waals surface area contributed by atoms with Gasteiger partial charge in [0.05, 0.1) is 12.2 Å². The van der Waals surface area contributed by atoms with Gasteiger partial charge in [-0.1, -0.05) is 123 Å². The summed E-state index contributed by atoms with van der Waals surface area (Å²) in [5, 5.41) is 15.6. The van der Waals surface area contributed by atoms with E-state index < -0.39 is 35.9 Å². The molecule has 4 atom stereocenters. The van der Waals surface area contributed by atoms with E-state index in [0.29, 0.717) is 38.0 Å². The molecule has 10 nitrogen and oxygen atoms in total. The van der Waals surface area contributed by atoms with Gasteiger partial charge in [0.15, 0.2) is 0 Å². The van der Waals surface area contributed by atoms with Crippen LogP contribution in [0.25, 0.3) is 0 Å². The van der Waals surface area contributed by atoms with Gasteiger partial charge in [0.2, 0.25) is 11.8 Å². The third-order valence-electron chi connectivity index (χ3n) is 10.3. The number of unbranched alkanes of at least 4 members (excludes halogenated alkanes) is 11. The number of carbonyl (C=O) groups is 5. The first-order valence-corrected chi connectivity index (χ1v) is 20.5. The molecule has 302 valence electrons. The predicted molar refractivity (Wildman–Crippen MR) is 213 cm³/mol. The molecule has 0 fully saturated rings. The minimum Gasteiger partial charge on any atom is -0.480 e. The highest BCUT2D eigenvalue weighted by molar-refractivity contribution is 5.98. The van der Waals surface area contributed by atoms with Crippen molar-refractivity contribution in [3.63, 3.8) is 0 Å². The molecule has 0 saturated carbocycles. The topological polar surface area (TPSA) is 142 Å². The number of rotatable bonds is 30. The first-order valence-electron chi connectivity index (χ1n) is 20.5. The molecule has 3 N–H and O–H groups in total. The Morgan fingerprint density at radius 2 is 1.32 bits per heavy atom. The number of ether oxygens (including phenoxy) is 1. The Morgan fingerprint density at radius 3 is 1.81 bits per heavy atom. The average molecular weight is 744 g/mol. The monoisotopic (exact) mass is 744 g/mol. The molecule has 1 aromatic rings. The maximum atomic E-state index is 13.7. The standard InChI is InChI=1S/C43H73N3O7/c1-9-11-29-37(42(51)52)46(41(50)33(5)44-40(49)38(32(3)4)45-39(48)35-26-23-21-24-27-35)30-25-20-18-16-14-12-13-15-17-19-22-28-36(34(6)47)31-53-43(7,8)10-2/h21,23-24,26-27,32-33,36-38H,9-20,22,25,28-31H2,1-8H3,(H,44,49)(H,45,48)(H,51,52)/t33-,36?,37-,38-/m0/s1. The highest BCUT2D eigenvalue weighted by atomic mass is 16.5. The molecule has 0 aliphatic carbocycles. The van der Waals surface area contributed by atoms with Crippen LogP contribution in [-0.2, 0) is 23.9 Å². The molecular formula is C43H73N3O7. The molecule has 0 bridgehead atoms. The summed E-state index contributed by atoms with van der Waals surface area (Å²) in [4.78, 5) is 65.7. The van der Waals surface area contributed by atoms with E-state index in [1.165, 1.54) is 30.6 Å². The number of hydrogen-bond donors (Lipinski definition) is 3. The third-order valence-corrected chi connectivity index (χ3v) is 10.3. The first kappa shape index (κ1) is 47.8. The van der Waals surface area contributed by atoms with E-state index in [0.717, 1.165) is 57.8 Å². The molecule has 0 aliphatic rings. The van der Waals surface area contributed by atoms with Crippen LogP contribution >= 0.6 is 0 Å². The van der Waals surface area contributed by atoms with Crippen molar-refractivity contribution in [2.45, 2.75) is 182 Å². The molecule has 3 amide bonds. The average Bonchev–Trinajstić information content (AvgIpc) is 3.12. The lowest BCUT2D eigenvalue weighted by Crippen LogP contribution is -2.57. The Kier molecular flexibility index (Phi) is 23.9. The third kappa shape index (κ3) is 19.6. The molecule has 10 heteroatoms. The Bertz CT molecular complexity index is 1220. The second kappa shape index (κ2) is 26.5. The summed E-state index contributed by atoms with van der Waals surface area (Å²) in [6.45, 7) is 15.9. The fourth-order valence-electron chi connectivity index (χ4n) is 6.29. The van der Waals surface area contributed by atoms with Crippen molar-refractivity contribution >= 4 is 29.5 Å². The molecule has 0 radical (unpaired) electrons. The van der Waals surface area contributed by atoms with Crippen molar-refractivity contribution in [1.82, 2.24) is 15.5 Å². The molecule has 1 unspecified atom stereocenters. The zero-order valence-corrected chi connectivity index (χ0v) is 34.3. The number of ketones is 1. The summed E-state index contributed by atoms with van der Waals surface area (Å²) in [5.41, 5.74) is 0.246. The fourth-order valence-corrected chi connectivity index (χ4v) is 6.29. The number of nitrogens with one attached hydrogen (secondary N) is 2. The van der Waals surface area contributed by atoms with E-state index >= 15 is 0 Å². The number of amides is 3. The normalized spacial score (nSPS) is 13.9. The number of carboxylic acids is 1. The minimum absolute atomic E-state index is 0.00917. The second-order valence-electron chi connectivity index (χ2n) is 15.7. The van der Waals surface area contributed by atoms with Gasteiger partial charge in [-0.2, -0.15) is 0 Å². The van der Waals surface area contributed by atoms with Crippen molar-refractivity contribution in [2.24, 2.45) is 11.8 Å². The van der Waals surface area contributed by atoms with E-state index in [1.54, 1.807) is 44.2 Å². The van der Waals surface area contributed by atoms with E-state index in [-0.39, 0.29) is 29.1 Å². The quantitative estimate of drug-likeness (QED) is 0.0671. The van der Waals surface area contributed by atoms with Crippen molar-refractivity contribution in [2.75, 3.05) is 13.2 Å². The van der Waals surface area contributed by atoms with Gasteiger partial charge in [0.25, 0.3) is 5.91 Å². The van der Waals surface area contributed by atoms with Crippen molar-refractivity contribution in [1.29, 1.82) is 0 Å². The van der Waals surface area contributed by atoms with Crippen LogP contribution in [0, 0.1) is 11.8 Å². The van der Waals surface area contributed by atoms with Crippen molar-refractivity contribution < 1.29 is 33.8 Å². The number of Topliss-reactive ketones (excluding diaryl/α,β-unsaturated/α-hetero) is 1.